The van der Waals surface area contributed by atoms with Crippen molar-refractivity contribution in [2.24, 2.45) is 0 Å². The van der Waals surface area contributed by atoms with Crippen LogP contribution in [0, 0.1) is 6.92 Å². The Kier molecular flexibility index (Phi) is 3.93. The van der Waals surface area contributed by atoms with Gasteiger partial charge in [-0.1, -0.05) is 27.5 Å². The van der Waals surface area contributed by atoms with Crippen molar-refractivity contribution >= 4 is 45.3 Å². The molecule has 0 aliphatic rings. The number of hydrogen-bond donors (Lipinski definition) is 1. The summed E-state index contributed by atoms with van der Waals surface area (Å²) in [6.07, 6.45) is 1.94. The van der Waals surface area contributed by atoms with E-state index >= 15 is 0 Å². The van der Waals surface area contributed by atoms with E-state index in [0.29, 0.717) is 12.1 Å². The molecule has 1 aromatic heterocycles. The highest BCUT2D eigenvalue weighted by molar-refractivity contribution is 9.10. The zero-order valence-corrected chi connectivity index (χ0v) is 11.8. The molecule has 2 rings (SSSR count). The molecule has 6 heteroatoms. The molecule has 1 aromatic carbocycles. The van der Waals surface area contributed by atoms with Crippen LogP contribution in [0.15, 0.2) is 29.0 Å². The van der Waals surface area contributed by atoms with Crippen LogP contribution in [-0.2, 0) is 0 Å². The fourth-order valence-electron chi connectivity index (χ4n) is 1.44. The average Bonchev–Trinajstić information content (AvgIpc) is 2.34. The minimum Gasteiger partial charge on any atom is -0.339 e. The quantitative estimate of drug-likeness (QED) is 0.689. The van der Waals surface area contributed by atoms with Crippen LogP contribution in [0.3, 0.4) is 0 Å². The van der Waals surface area contributed by atoms with E-state index in [4.69, 9.17) is 11.6 Å². The Bertz CT molecular complexity index is 604. The Morgan fingerprint density at radius 2 is 2.17 bits per heavy atom. The number of nitrogens with one attached hydrogen (secondary N) is 1. The average molecular weight is 327 g/mol. The first-order valence-corrected chi connectivity index (χ1v) is 6.27. The lowest BCUT2D eigenvalue weighted by Gasteiger charge is -2.09. The molecule has 0 spiro atoms. The number of aromatic nitrogens is 2. The van der Waals surface area contributed by atoms with Gasteiger partial charge >= 0.3 is 0 Å². The molecule has 2 aromatic rings. The van der Waals surface area contributed by atoms with Crippen molar-refractivity contribution < 1.29 is 4.79 Å². The van der Waals surface area contributed by atoms with Gasteiger partial charge in [0.25, 0.3) is 0 Å². The Balaban J connectivity index is 2.36. The number of aldehydes is 1. The molecule has 1 N–H and O–H groups in total. The van der Waals surface area contributed by atoms with Gasteiger partial charge in [-0.25, -0.2) is 9.97 Å². The number of hydrogen-bond acceptors (Lipinski definition) is 4. The van der Waals surface area contributed by atoms with E-state index in [1.165, 1.54) is 6.33 Å². The molecule has 0 aliphatic heterocycles. The minimum absolute atomic E-state index is 0.135. The summed E-state index contributed by atoms with van der Waals surface area (Å²) in [4.78, 5) is 18.7. The van der Waals surface area contributed by atoms with Crippen LogP contribution in [0.5, 0.6) is 0 Å². The van der Waals surface area contributed by atoms with Gasteiger partial charge in [-0.15, -0.1) is 0 Å². The van der Waals surface area contributed by atoms with E-state index in [0.717, 1.165) is 15.7 Å². The lowest BCUT2D eigenvalue weighted by atomic mass is 10.2. The van der Waals surface area contributed by atoms with Crippen LogP contribution in [-0.4, -0.2) is 16.3 Å². The minimum atomic E-state index is 0.135. The molecule has 0 atom stereocenters. The number of nitrogens with zero attached hydrogens (tertiary/aromatic N) is 2. The lowest BCUT2D eigenvalue weighted by Crippen LogP contribution is -2.00. The maximum absolute atomic E-state index is 10.9. The summed E-state index contributed by atoms with van der Waals surface area (Å²) < 4.78 is 1.02. The largest absolute Gasteiger partial charge is 0.339 e. The zero-order valence-electron chi connectivity index (χ0n) is 9.45. The van der Waals surface area contributed by atoms with Crippen LogP contribution < -0.4 is 5.32 Å². The SMILES string of the molecule is Cc1cc(Nc2ncnc(Cl)c2C=O)ccc1Br. The number of carbonyl (C=O) groups is 1. The van der Waals surface area contributed by atoms with Crippen molar-refractivity contribution in [2.45, 2.75) is 6.92 Å². The molecule has 0 saturated heterocycles. The molecule has 92 valence electrons. The Hall–Kier alpha value is -1.46. The Morgan fingerprint density at radius 3 is 2.83 bits per heavy atom. The van der Waals surface area contributed by atoms with E-state index < -0.39 is 0 Å². The highest BCUT2D eigenvalue weighted by Gasteiger charge is 2.09. The van der Waals surface area contributed by atoms with Crippen molar-refractivity contribution in [3.63, 3.8) is 0 Å². The summed E-state index contributed by atoms with van der Waals surface area (Å²) in [5.74, 6) is 0.395. The van der Waals surface area contributed by atoms with Gasteiger partial charge in [0.15, 0.2) is 6.29 Å². The highest BCUT2D eigenvalue weighted by Crippen LogP contribution is 2.25. The van der Waals surface area contributed by atoms with Gasteiger partial charge in [0.2, 0.25) is 0 Å². The van der Waals surface area contributed by atoms with E-state index in [-0.39, 0.29) is 10.7 Å². The highest BCUT2D eigenvalue weighted by atomic mass is 79.9. The predicted molar refractivity (Wildman–Crippen MR) is 74.6 cm³/mol. The number of aryl methyl sites for hydroxylation is 1. The van der Waals surface area contributed by atoms with Crippen molar-refractivity contribution in [1.82, 2.24) is 9.97 Å². The number of carbonyl (C=O) groups excluding carboxylic acids is 1. The molecular weight excluding hydrogens is 318 g/mol. The predicted octanol–water partition coefficient (Wildman–Crippen LogP) is 3.76. The Labute approximate surface area is 118 Å². The maximum atomic E-state index is 10.9. The molecule has 0 radical (unpaired) electrons. The summed E-state index contributed by atoms with van der Waals surface area (Å²) in [5, 5.41) is 3.18. The summed E-state index contributed by atoms with van der Waals surface area (Å²) >= 11 is 9.25. The van der Waals surface area contributed by atoms with Crippen LogP contribution in [0.2, 0.25) is 5.15 Å². The molecule has 0 aliphatic carbocycles. The molecule has 0 saturated carbocycles. The van der Waals surface area contributed by atoms with Crippen LogP contribution in [0.1, 0.15) is 15.9 Å². The van der Waals surface area contributed by atoms with E-state index in [1.807, 2.05) is 25.1 Å². The molecule has 0 unspecified atom stereocenters. The number of benzene rings is 1. The van der Waals surface area contributed by atoms with E-state index in [2.05, 4.69) is 31.2 Å². The molecule has 0 amide bonds. The monoisotopic (exact) mass is 325 g/mol. The first kappa shape index (κ1) is 13.0. The first-order valence-electron chi connectivity index (χ1n) is 5.10. The summed E-state index contributed by atoms with van der Waals surface area (Å²) in [6, 6.07) is 5.73. The molecule has 4 nitrogen and oxygen atoms in total. The second kappa shape index (κ2) is 5.46. The Morgan fingerprint density at radius 1 is 1.39 bits per heavy atom. The standard InChI is InChI=1S/C12H9BrClN3O/c1-7-4-8(2-3-10(7)13)17-12-9(5-18)11(14)15-6-16-12/h2-6H,1H3,(H,15,16,17). The third-order valence-electron chi connectivity index (χ3n) is 2.37. The van der Waals surface area contributed by atoms with Crippen molar-refractivity contribution in [3.8, 4) is 0 Å². The second-order valence-electron chi connectivity index (χ2n) is 3.63. The van der Waals surface area contributed by atoms with Gasteiger partial charge in [-0.3, -0.25) is 4.79 Å². The van der Waals surface area contributed by atoms with Gasteiger partial charge in [0.05, 0.1) is 5.56 Å². The second-order valence-corrected chi connectivity index (χ2v) is 4.85. The first-order chi connectivity index (χ1) is 8.61. The van der Waals surface area contributed by atoms with Crippen LogP contribution in [0.4, 0.5) is 11.5 Å². The third-order valence-corrected chi connectivity index (χ3v) is 3.56. The number of anilines is 2. The molecule has 18 heavy (non-hydrogen) atoms. The fourth-order valence-corrected chi connectivity index (χ4v) is 1.86. The van der Waals surface area contributed by atoms with Crippen molar-refractivity contribution in [1.29, 1.82) is 0 Å². The third kappa shape index (κ3) is 2.68. The summed E-state index contributed by atoms with van der Waals surface area (Å²) in [5.41, 5.74) is 2.15. The smallest absolute Gasteiger partial charge is 0.156 e. The zero-order chi connectivity index (χ0) is 13.1. The van der Waals surface area contributed by atoms with Gasteiger partial charge in [0.1, 0.15) is 17.3 Å². The van der Waals surface area contributed by atoms with Gasteiger partial charge < -0.3 is 5.32 Å². The molecule has 0 fully saturated rings. The number of rotatable bonds is 3. The van der Waals surface area contributed by atoms with Gasteiger partial charge in [-0.2, -0.15) is 0 Å². The molecular formula is C12H9BrClN3O. The van der Waals surface area contributed by atoms with Crippen LogP contribution in [0.25, 0.3) is 0 Å². The topological polar surface area (TPSA) is 54.9 Å². The van der Waals surface area contributed by atoms with E-state index in [9.17, 15) is 4.79 Å². The van der Waals surface area contributed by atoms with Crippen LogP contribution >= 0.6 is 27.5 Å². The molecule has 1 heterocycles. The number of halogens is 2. The summed E-state index contributed by atoms with van der Waals surface area (Å²) in [6.45, 7) is 1.98. The van der Waals surface area contributed by atoms with Crippen molar-refractivity contribution in [2.75, 3.05) is 5.32 Å². The van der Waals surface area contributed by atoms with Gasteiger partial charge in [0, 0.05) is 10.2 Å². The van der Waals surface area contributed by atoms with E-state index in [1.54, 1.807) is 0 Å². The lowest BCUT2D eigenvalue weighted by molar-refractivity contribution is 0.112. The summed E-state index contributed by atoms with van der Waals surface area (Å²) in [7, 11) is 0. The maximum Gasteiger partial charge on any atom is 0.156 e. The fraction of sp³-hybridized carbons (Fsp3) is 0.0833. The van der Waals surface area contributed by atoms with Crippen molar-refractivity contribution in [3.05, 3.63) is 45.3 Å². The molecule has 0 bridgehead atoms. The normalized spacial score (nSPS) is 10.2. The van der Waals surface area contributed by atoms with Gasteiger partial charge in [-0.05, 0) is 30.7 Å².